The molecule has 2 N–H and O–H groups in total. The number of carboxylic acid groups (broad SMARTS) is 2. The summed E-state index contributed by atoms with van der Waals surface area (Å²) in [5, 5.41) is 16.9. The predicted molar refractivity (Wildman–Crippen MR) is 99.2 cm³/mol. The van der Waals surface area contributed by atoms with E-state index in [0.717, 1.165) is 38.5 Å². The molecule has 2 aliphatic heterocycles. The van der Waals surface area contributed by atoms with Gasteiger partial charge in [0.1, 0.15) is 0 Å². The van der Waals surface area contributed by atoms with Crippen LogP contribution in [0.3, 0.4) is 0 Å². The average molecular weight is 394 g/mol. The highest BCUT2D eigenvalue weighted by atomic mass is 16.5. The molecular formula is C20H26O8. The maximum Gasteiger partial charge on any atom is 0.335 e. The Balaban J connectivity index is 0.000000217. The van der Waals surface area contributed by atoms with E-state index in [9.17, 15) is 19.2 Å². The van der Waals surface area contributed by atoms with Crippen molar-refractivity contribution in [2.75, 3.05) is 13.2 Å². The molecule has 0 aromatic heterocycles. The SMILES string of the molecule is O=C(O)c1ccc(C(=O)O)cc1.O=C1CCCCCO1.O=C1CCCCCO1. The summed E-state index contributed by atoms with van der Waals surface area (Å²) in [6, 6.07) is 5.02. The lowest BCUT2D eigenvalue weighted by atomic mass is 10.1. The van der Waals surface area contributed by atoms with E-state index in [1.807, 2.05) is 0 Å². The van der Waals surface area contributed by atoms with Gasteiger partial charge in [0.15, 0.2) is 0 Å². The molecule has 0 amide bonds. The number of carbonyl (C=O) groups excluding carboxylic acids is 2. The molecule has 154 valence electrons. The van der Waals surface area contributed by atoms with Gasteiger partial charge in [-0.05, 0) is 62.8 Å². The summed E-state index contributed by atoms with van der Waals surface area (Å²) < 4.78 is 9.53. The maximum atomic E-state index is 10.5. The highest BCUT2D eigenvalue weighted by Crippen LogP contribution is 2.07. The van der Waals surface area contributed by atoms with Crippen LogP contribution in [0.2, 0.25) is 0 Å². The summed E-state index contributed by atoms with van der Waals surface area (Å²) in [5.41, 5.74) is 0.167. The van der Waals surface area contributed by atoms with Crippen molar-refractivity contribution in [1.29, 1.82) is 0 Å². The second-order valence-corrected chi connectivity index (χ2v) is 6.25. The Morgan fingerprint density at radius 3 is 1.32 bits per heavy atom. The van der Waals surface area contributed by atoms with Gasteiger partial charge in [-0.15, -0.1) is 0 Å². The number of carbonyl (C=O) groups is 4. The van der Waals surface area contributed by atoms with E-state index in [1.54, 1.807) is 0 Å². The summed E-state index contributed by atoms with van der Waals surface area (Å²) in [5.74, 6) is -2.18. The molecule has 0 atom stereocenters. The van der Waals surface area contributed by atoms with Crippen molar-refractivity contribution >= 4 is 23.9 Å². The fourth-order valence-electron chi connectivity index (χ4n) is 2.37. The molecule has 0 aliphatic carbocycles. The molecule has 3 rings (SSSR count). The lowest BCUT2D eigenvalue weighted by Crippen LogP contribution is -2.00. The van der Waals surface area contributed by atoms with Gasteiger partial charge in [0.25, 0.3) is 0 Å². The molecule has 8 heteroatoms. The molecular weight excluding hydrogens is 368 g/mol. The molecule has 1 aromatic rings. The molecule has 0 saturated carbocycles. The van der Waals surface area contributed by atoms with Gasteiger partial charge in [-0.25, -0.2) is 9.59 Å². The number of hydrogen-bond donors (Lipinski definition) is 2. The first-order valence-corrected chi connectivity index (χ1v) is 9.28. The van der Waals surface area contributed by atoms with E-state index in [2.05, 4.69) is 0 Å². The first-order valence-electron chi connectivity index (χ1n) is 9.28. The van der Waals surface area contributed by atoms with Crippen molar-refractivity contribution in [2.45, 2.75) is 51.4 Å². The third-order valence-electron chi connectivity index (χ3n) is 3.96. The Bertz CT molecular complexity index is 574. The Morgan fingerprint density at radius 2 is 1.00 bits per heavy atom. The van der Waals surface area contributed by atoms with Gasteiger partial charge in [-0.2, -0.15) is 0 Å². The molecule has 0 spiro atoms. The maximum absolute atomic E-state index is 10.5. The van der Waals surface area contributed by atoms with E-state index in [0.29, 0.717) is 26.1 Å². The van der Waals surface area contributed by atoms with Gasteiger partial charge >= 0.3 is 23.9 Å². The number of esters is 2. The van der Waals surface area contributed by atoms with Gasteiger partial charge in [0.2, 0.25) is 0 Å². The third kappa shape index (κ3) is 10.3. The first-order chi connectivity index (χ1) is 13.4. The zero-order chi connectivity index (χ0) is 20.8. The average Bonchev–Trinajstić information content (AvgIpc) is 3.07. The number of rotatable bonds is 2. The fourth-order valence-corrected chi connectivity index (χ4v) is 2.37. The Morgan fingerprint density at radius 1 is 0.643 bits per heavy atom. The zero-order valence-corrected chi connectivity index (χ0v) is 15.7. The lowest BCUT2D eigenvalue weighted by Gasteiger charge is -1.94. The van der Waals surface area contributed by atoms with Crippen LogP contribution in [0.15, 0.2) is 24.3 Å². The van der Waals surface area contributed by atoms with Crippen molar-refractivity contribution in [2.24, 2.45) is 0 Å². The zero-order valence-electron chi connectivity index (χ0n) is 15.7. The molecule has 2 heterocycles. The Kier molecular flexibility index (Phi) is 11.0. The molecule has 8 nitrogen and oxygen atoms in total. The van der Waals surface area contributed by atoms with Gasteiger partial charge in [-0.3, -0.25) is 9.59 Å². The summed E-state index contributed by atoms with van der Waals surface area (Å²) in [7, 11) is 0. The quantitative estimate of drug-likeness (QED) is 0.732. The molecule has 28 heavy (non-hydrogen) atoms. The number of ether oxygens (including phenoxy) is 2. The van der Waals surface area contributed by atoms with Crippen LogP contribution in [0.1, 0.15) is 72.1 Å². The van der Waals surface area contributed by atoms with E-state index in [-0.39, 0.29) is 23.1 Å². The van der Waals surface area contributed by atoms with Crippen molar-refractivity contribution in [3.8, 4) is 0 Å². The highest BCUT2D eigenvalue weighted by Gasteiger charge is 2.06. The Hall–Kier alpha value is -2.90. The van der Waals surface area contributed by atoms with E-state index in [1.165, 1.54) is 24.3 Å². The second-order valence-electron chi connectivity index (χ2n) is 6.25. The molecule has 2 fully saturated rings. The normalized spacial score (nSPS) is 16.4. The number of hydrogen-bond acceptors (Lipinski definition) is 6. The molecule has 2 saturated heterocycles. The van der Waals surface area contributed by atoms with E-state index < -0.39 is 11.9 Å². The fraction of sp³-hybridized carbons (Fsp3) is 0.500. The minimum Gasteiger partial charge on any atom is -0.478 e. The minimum atomic E-state index is -1.06. The molecule has 0 radical (unpaired) electrons. The second kappa shape index (κ2) is 13.3. The standard InChI is InChI=1S/C8H6O4.2C6H10O2/c9-7(10)5-1-2-6(4-3-5)8(11)12;2*7-6-4-2-1-3-5-8-6/h1-4H,(H,9,10)(H,11,12);2*1-5H2. The number of cyclic esters (lactones) is 2. The molecule has 2 aliphatic rings. The third-order valence-corrected chi connectivity index (χ3v) is 3.96. The van der Waals surface area contributed by atoms with Gasteiger partial charge < -0.3 is 19.7 Å². The van der Waals surface area contributed by atoms with Gasteiger partial charge in [-0.1, -0.05) is 0 Å². The first kappa shape index (κ1) is 23.1. The van der Waals surface area contributed by atoms with Crippen LogP contribution in [-0.4, -0.2) is 47.3 Å². The van der Waals surface area contributed by atoms with Crippen LogP contribution >= 0.6 is 0 Å². The van der Waals surface area contributed by atoms with Crippen LogP contribution in [0.5, 0.6) is 0 Å². The van der Waals surface area contributed by atoms with Crippen molar-refractivity contribution < 1.29 is 38.9 Å². The number of aromatic carboxylic acids is 2. The van der Waals surface area contributed by atoms with Crippen LogP contribution in [0.4, 0.5) is 0 Å². The molecule has 0 unspecified atom stereocenters. The topological polar surface area (TPSA) is 127 Å². The van der Waals surface area contributed by atoms with Gasteiger partial charge in [0, 0.05) is 12.8 Å². The molecule has 1 aromatic carbocycles. The summed E-state index contributed by atoms with van der Waals surface area (Å²) in [6.07, 6.45) is 7.66. The summed E-state index contributed by atoms with van der Waals surface area (Å²) in [6.45, 7) is 1.28. The van der Waals surface area contributed by atoms with Crippen LogP contribution < -0.4 is 0 Å². The van der Waals surface area contributed by atoms with E-state index >= 15 is 0 Å². The Labute approximate surface area is 163 Å². The summed E-state index contributed by atoms with van der Waals surface area (Å²) >= 11 is 0. The van der Waals surface area contributed by atoms with Crippen molar-refractivity contribution in [1.82, 2.24) is 0 Å². The van der Waals surface area contributed by atoms with Gasteiger partial charge in [0.05, 0.1) is 24.3 Å². The van der Waals surface area contributed by atoms with Crippen LogP contribution in [0.25, 0.3) is 0 Å². The summed E-state index contributed by atoms with van der Waals surface area (Å²) in [4.78, 5) is 41.6. The largest absolute Gasteiger partial charge is 0.478 e. The van der Waals surface area contributed by atoms with Crippen LogP contribution in [-0.2, 0) is 19.1 Å². The number of benzene rings is 1. The van der Waals surface area contributed by atoms with E-state index in [4.69, 9.17) is 19.7 Å². The lowest BCUT2D eigenvalue weighted by molar-refractivity contribution is -0.143. The highest BCUT2D eigenvalue weighted by molar-refractivity contribution is 5.91. The molecule has 0 bridgehead atoms. The number of carboxylic acids is 2. The predicted octanol–water partition coefficient (Wildman–Crippen LogP) is 3.29. The monoisotopic (exact) mass is 394 g/mol. The van der Waals surface area contributed by atoms with Crippen molar-refractivity contribution in [3.63, 3.8) is 0 Å². The minimum absolute atomic E-state index is 0.0255. The van der Waals surface area contributed by atoms with Crippen LogP contribution in [0, 0.1) is 0 Å². The van der Waals surface area contributed by atoms with Crippen molar-refractivity contribution in [3.05, 3.63) is 35.4 Å². The smallest absolute Gasteiger partial charge is 0.335 e.